The number of rotatable bonds is 3. The van der Waals surface area contributed by atoms with E-state index in [0.29, 0.717) is 0 Å². The smallest absolute Gasteiger partial charge is 0.0194 e. The van der Waals surface area contributed by atoms with Gasteiger partial charge < -0.3 is 4.90 Å². The summed E-state index contributed by atoms with van der Waals surface area (Å²) in [5.74, 6) is 0.728. The van der Waals surface area contributed by atoms with Crippen LogP contribution in [-0.4, -0.2) is 18.5 Å². The van der Waals surface area contributed by atoms with E-state index in [0.717, 1.165) is 18.2 Å². The van der Waals surface area contributed by atoms with Crippen LogP contribution in [-0.2, 0) is 0 Å². The average molecular weight is 127 g/mol. The molecule has 0 aromatic rings. The Bertz CT molecular complexity index is 94.7. The second kappa shape index (κ2) is 3.54. The third kappa shape index (κ3) is 4.07. The van der Waals surface area contributed by atoms with Gasteiger partial charge in [0.1, 0.15) is 0 Å². The van der Waals surface area contributed by atoms with Crippen LogP contribution < -0.4 is 0 Å². The number of hydrogen-bond donors (Lipinski definition) is 0. The van der Waals surface area contributed by atoms with Gasteiger partial charge >= 0.3 is 0 Å². The Labute approximate surface area is 58.4 Å². The molecule has 0 saturated heterocycles. The molecular weight excluding hydrogens is 110 g/mol. The van der Waals surface area contributed by atoms with E-state index in [1.54, 1.807) is 0 Å². The SMILES string of the molecule is C=C(C)N(C)CC(C)C. The lowest BCUT2D eigenvalue weighted by atomic mass is 10.2. The Kier molecular flexibility index (Phi) is 3.36. The molecule has 0 atom stereocenters. The fraction of sp³-hybridized carbons (Fsp3) is 0.750. The molecule has 0 aromatic carbocycles. The van der Waals surface area contributed by atoms with Crippen molar-refractivity contribution in [1.29, 1.82) is 0 Å². The Morgan fingerprint density at radius 3 is 2.11 bits per heavy atom. The summed E-state index contributed by atoms with van der Waals surface area (Å²) in [6, 6.07) is 0. The second-order valence-corrected chi connectivity index (χ2v) is 3.01. The minimum atomic E-state index is 0.728. The predicted octanol–water partition coefficient (Wildman–Crippen LogP) is 2.11. The fourth-order valence-corrected chi connectivity index (χ4v) is 0.704. The molecule has 0 heterocycles. The highest BCUT2D eigenvalue weighted by Gasteiger charge is 1.98. The van der Waals surface area contributed by atoms with Gasteiger partial charge in [0.25, 0.3) is 0 Å². The maximum atomic E-state index is 3.83. The minimum absolute atomic E-state index is 0.728. The van der Waals surface area contributed by atoms with Crippen molar-refractivity contribution in [2.24, 2.45) is 5.92 Å². The zero-order valence-corrected chi connectivity index (χ0v) is 6.94. The lowest BCUT2D eigenvalue weighted by molar-refractivity contribution is 0.363. The van der Waals surface area contributed by atoms with Crippen LogP contribution in [0.25, 0.3) is 0 Å². The normalized spacial score (nSPS) is 9.89. The molecule has 0 aliphatic rings. The van der Waals surface area contributed by atoms with E-state index in [1.807, 2.05) is 6.92 Å². The highest BCUT2D eigenvalue weighted by atomic mass is 15.1. The first-order valence-corrected chi connectivity index (χ1v) is 3.40. The predicted molar refractivity (Wildman–Crippen MR) is 42.3 cm³/mol. The number of hydrogen-bond acceptors (Lipinski definition) is 1. The molecule has 0 aliphatic heterocycles. The number of nitrogens with zero attached hydrogens (tertiary/aromatic N) is 1. The first kappa shape index (κ1) is 8.54. The molecule has 1 nitrogen and oxygen atoms in total. The summed E-state index contributed by atoms with van der Waals surface area (Å²) in [6.07, 6.45) is 0. The van der Waals surface area contributed by atoms with Gasteiger partial charge in [-0.25, -0.2) is 0 Å². The Morgan fingerprint density at radius 1 is 1.56 bits per heavy atom. The molecule has 0 aromatic heterocycles. The first-order valence-electron chi connectivity index (χ1n) is 3.40. The Morgan fingerprint density at radius 2 is 2.00 bits per heavy atom. The van der Waals surface area contributed by atoms with Crippen LogP contribution in [0.5, 0.6) is 0 Å². The lowest BCUT2D eigenvalue weighted by Crippen LogP contribution is -2.20. The van der Waals surface area contributed by atoms with Crippen LogP contribution in [0.1, 0.15) is 20.8 Å². The van der Waals surface area contributed by atoms with Gasteiger partial charge in [0.05, 0.1) is 0 Å². The molecule has 0 bridgehead atoms. The summed E-state index contributed by atoms with van der Waals surface area (Å²) in [7, 11) is 2.07. The maximum Gasteiger partial charge on any atom is 0.0194 e. The van der Waals surface area contributed by atoms with E-state index in [-0.39, 0.29) is 0 Å². The third-order valence-electron chi connectivity index (χ3n) is 1.29. The second-order valence-electron chi connectivity index (χ2n) is 3.01. The first-order chi connectivity index (χ1) is 4.04. The van der Waals surface area contributed by atoms with Crippen molar-refractivity contribution in [1.82, 2.24) is 4.90 Å². The van der Waals surface area contributed by atoms with E-state index >= 15 is 0 Å². The van der Waals surface area contributed by atoms with Gasteiger partial charge in [0.15, 0.2) is 0 Å². The maximum absolute atomic E-state index is 3.83. The molecule has 0 spiro atoms. The van der Waals surface area contributed by atoms with E-state index in [9.17, 15) is 0 Å². The molecule has 0 fully saturated rings. The lowest BCUT2D eigenvalue weighted by Gasteiger charge is -2.20. The molecule has 0 saturated carbocycles. The van der Waals surface area contributed by atoms with Crippen molar-refractivity contribution in [2.75, 3.05) is 13.6 Å². The topological polar surface area (TPSA) is 3.24 Å². The summed E-state index contributed by atoms with van der Waals surface area (Å²) in [5.41, 5.74) is 1.14. The molecule has 0 aliphatic carbocycles. The molecule has 0 N–H and O–H groups in total. The zero-order valence-electron chi connectivity index (χ0n) is 6.94. The van der Waals surface area contributed by atoms with Crippen LogP contribution in [0.15, 0.2) is 12.3 Å². The van der Waals surface area contributed by atoms with Crippen molar-refractivity contribution >= 4 is 0 Å². The van der Waals surface area contributed by atoms with Gasteiger partial charge in [-0.15, -0.1) is 0 Å². The molecule has 9 heavy (non-hydrogen) atoms. The largest absolute Gasteiger partial charge is 0.378 e. The standard InChI is InChI=1S/C8H17N/c1-7(2)6-9(5)8(3)4/h7H,3,6H2,1-2,4-5H3. The molecule has 0 rings (SSSR count). The van der Waals surface area contributed by atoms with Gasteiger partial charge in [0.2, 0.25) is 0 Å². The summed E-state index contributed by atoms with van der Waals surface area (Å²) in [6.45, 7) is 11.4. The minimum Gasteiger partial charge on any atom is -0.378 e. The fourth-order valence-electron chi connectivity index (χ4n) is 0.704. The van der Waals surface area contributed by atoms with Gasteiger partial charge in [-0.3, -0.25) is 0 Å². The molecule has 1 heteroatoms. The summed E-state index contributed by atoms with van der Waals surface area (Å²) >= 11 is 0. The van der Waals surface area contributed by atoms with Crippen LogP contribution in [0, 0.1) is 5.92 Å². The van der Waals surface area contributed by atoms with Crippen LogP contribution in [0.3, 0.4) is 0 Å². The molecule has 0 unspecified atom stereocenters. The average Bonchev–Trinajstić information content (AvgIpc) is 1.63. The molecular formula is C8H17N. The quantitative estimate of drug-likeness (QED) is 0.561. The van der Waals surface area contributed by atoms with Crippen molar-refractivity contribution in [3.05, 3.63) is 12.3 Å². The molecule has 54 valence electrons. The van der Waals surface area contributed by atoms with Crippen molar-refractivity contribution in [3.8, 4) is 0 Å². The van der Waals surface area contributed by atoms with Gasteiger partial charge in [-0.1, -0.05) is 20.4 Å². The summed E-state index contributed by atoms with van der Waals surface area (Å²) < 4.78 is 0. The monoisotopic (exact) mass is 127 g/mol. The van der Waals surface area contributed by atoms with E-state index < -0.39 is 0 Å². The van der Waals surface area contributed by atoms with Crippen molar-refractivity contribution in [2.45, 2.75) is 20.8 Å². The van der Waals surface area contributed by atoms with Gasteiger partial charge in [-0.2, -0.15) is 0 Å². The summed E-state index contributed by atoms with van der Waals surface area (Å²) in [5, 5.41) is 0. The molecule has 0 radical (unpaired) electrons. The zero-order chi connectivity index (χ0) is 7.44. The van der Waals surface area contributed by atoms with Crippen LogP contribution in [0.4, 0.5) is 0 Å². The molecule has 0 amide bonds. The Balaban J connectivity index is 3.50. The van der Waals surface area contributed by atoms with E-state index in [4.69, 9.17) is 0 Å². The third-order valence-corrected chi connectivity index (χ3v) is 1.29. The van der Waals surface area contributed by atoms with E-state index in [2.05, 4.69) is 32.4 Å². The van der Waals surface area contributed by atoms with Crippen molar-refractivity contribution < 1.29 is 0 Å². The highest BCUT2D eigenvalue weighted by Crippen LogP contribution is 2.00. The van der Waals surface area contributed by atoms with Gasteiger partial charge in [0, 0.05) is 19.3 Å². The van der Waals surface area contributed by atoms with Gasteiger partial charge in [-0.05, 0) is 12.8 Å². The van der Waals surface area contributed by atoms with Crippen LogP contribution in [0.2, 0.25) is 0 Å². The Hall–Kier alpha value is -0.460. The van der Waals surface area contributed by atoms with Crippen LogP contribution >= 0.6 is 0 Å². The number of allylic oxidation sites excluding steroid dienone is 1. The summed E-state index contributed by atoms with van der Waals surface area (Å²) in [4.78, 5) is 2.17. The van der Waals surface area contributed by atoms with E-state index in [1.165, 1.54) is 0 Å². The highest BCUT2D eigenvalue weighted by molar-refractivity contribution is 4.86. The van der Waals surface area contributed by atoms with Crippen molar-refractivity contribution in [3.63, 3.8) is 0 Å².